The fourth-order valence-corrected chi connectivity index (χ4v) is 4.61. The first-order valence-electron chi connectivity index (χ1n) is 8.79. The highest BCUT2D eigenvalue weighted by Crippen LogP contribution is 2.40. The van der Waals surface area contributed by atoms with Crippen molar-refractivity contribution in [1.29, 1.82) is 0 Å². The van der Waals surface area contributed by atoms with E-state index >= 15 is 0 Å². The van der Waals surface area contributed by atoms with Gasteiger partial charge in [0.2, 0.25) is 0 Å². The molecule has 0 bridgehead atoms. The fourth-order valence-electron chi connectivity index (χ4n) is 3.19. The number of anilines is 1. The van der Waals surface area contributed by atoms with Gasteiger partial charge in [0.15, 0.2) is 12.4 Å². The SMILES string of the molecule is COC(=O)c1c(NC(=O)COc2ccccc2[N+](=O)[O-])sc2c1CCC(C)C2. The van der Waals surface area contributed by atoms with Gasteiger partial charge in [-0.25, -0.2) is 4.79 Å². The number of carbonyl (C=O) groups is 2. The lowest BCUT2D eigenvalue weighted by atomic mass is 9.88. The third kappa shape index (κ3) is 4.14. The summed E-state index contributed by atoms with van der Waals surface area (Å²) in [5.41, 5.74) is 1.12. The molecule has 9 heteroatoms. The van der Waals surface area contributed by atoms with Gasteiger partial charge >= 0.3 is 11.7 Å². The highest BCUT2D eigenvalue weighted by Gasteiger charge is 2.29. The summed E-state index contributed by atoms with van der Waals surface area (Å²) in [5.74, 6) is -0.464. The molecule has 0 spiro atoms. The van der Waals surface area contributed by atoms with Crippen LogP contribution in [0.15, 0.2) is 24.3 Å². The van der Waals surface area contributed by atoms with Crippen LogP contribution in [0.5, 0.6) is 5.75 Å². The summed E-state index contributed by atoms with van der Waals surface area (Å²) in [5, 5.41) is 14.2. The molecule has 0 saturated heterocycles. The van der Waals surface area contributed by atoms with Crippen LogP contribution in [0.3, 0.4) is 0 Å². The molecule has 1 aliphatic rings. The Kier molecular flexibility index (Phi) is 5.93. The molecule has 28 heavy (non-hydrogen) atoms. The number of hydrogen-bond acceptors (Lipinski definition) is 7. The predicted molar refractivity (Wildman–Crippen MR) is 104 cm³/mol. The third-order valence-corrected chi connectivity index (χ3v) is 5.74. The molecule has 1 heterocycles. The topological polar surface area (TPSA) is 108 Å². The summed E-state index contributed by atoms with van der Waals surface area (Å²) in [6.45, 7) is 1.74. The van der Waals surface area contributed by atoms with Crippen molar-refractivity contribution in [2.45, 2.75) is 26.2 Å². The molecule has 0 radical (unpaired) electrons. The smallest absolute Gasteiger partial charge is 0.341 e. The molecule has 3 rings (SSSR count). The number of nitro groups is 1. The van der Waals surface area contributed by atoms with Gasteiger partial charge in [0, 0.05) is 10.9 Å². The van der Waals surface area contributed by atoms with Crippen LogP contribution in [0.1, 0.15) is 34.1 Å². The van der Waals surface area contributed by atoms with Gasteiger partial charge in [-0.3, -0.25) is 14.9 Å². The zero-order valence-corrected chi connectivity index (χ0v) is 16.3. The molecular formula is C19H20N2O6S. The number of rotatable bonds is 6. The number of amides is 1. The molecule has 0 aliphatic heterocycles. The summed E-state index contributed by atoms with van der Waals surface area (Å²) < 4.78 is 10.2. The van der Waals surface area contributed by atoms with Gasteiger partial charge in [0.25, 0.3) is 5.91 Å². The Morgan fingerprint density at radius 2 is 2.11 bits per heavy atom. The highest BCUT2D eigenvalue weighted by atomic mass is 32.1. The second kappa shape index (κ2) is 8.39. The van der Waals surface area contributed by atoms with Gasteiger partial charge in [0.05, 0.1) is 17.6 Å². The Labute approximate surface area is 165 Å². The normalized spacial score (nSPS) is 15.4. The zero-order chi connectivity index (χ0) is 20.3. The number of esters is 1. The molecule has 148 valence electrons. The van der Waals surface area contributed by atoms with E-state index in [1.807, 2.05) is 0 Å². The lowest BCUT2D eigenvalue weighted by molar-refractivity contribution is -0.385. The number of nitrogens with one attached hydrogen (secondary N) is 1. The van der Waals surface area contributed by atoms with E-state index in [-0.39, 0.29) is 11.4 Å². The lowest BCUT2D eigenvalue weighted by Gasteiger charge is -2.18. The second-order valence-electron chi connectivity index (χ2n) is 6.61. The molecule has 1 unspecified atom stereocenters. The monoisotopic (exact) mass is 404 g/mol. The Morgan fingerprint density at radius 1 is 1.36 bits per heavy atom. The van der Waals surface area contributed by atoms with Gasteiger partial charge < -0.3 is 14.8 Å². The number of fused-ring (bicyclic) bond motifs is 1. The van der Waals surface area contributed by atoms with E-state index in [0.29, 0.717) is 16.5 Å². The first-order chi connectivity index (χ1) is 13.4. The van der Waals surface area contributed by atoms with Crippen LogP contribution >= 0.6 is 11.3 Å². The maximum atomic E-state index is 12.4. The van der Waals surface area contributed by atoms with Crippen LogP contribution in [-0.2, 0) is 22.4 Å². The number of benzene rings is 1. The quantitative estimate of drug-likeness (QED) is 0.448. The zero-order valence-electron chi connectivity index (χ0n) is 15.5. The van der Waals surface area contributed by atoms with Crippen LogP contribution in [0.25, 0.3) is 0 Å². The van der Waals surface area contributed by atoms with Gasteiger partial charge in [-0.15, -0.1) is 11.3 Å². The van der Waals surface area contributed by atoms with Crippen molar-refractivity contribution >= 4 is 33.9 Å². The first kappa shape index (κ1) is 19.8. The minimum absolute atomic E-state index is 0.00939. The van der Waals surface area contributed by atoms with Crippen LogP contribution in [-0.4, -0.2) is 30.5 Å². The summed E-state index contributed by atoms with van der Waals surface area (Å²) in [4.78, 5) is 36.1. The van der Waals surface area contributed by atoms with Crippen molar-refractivity contribution < 1.29 is 24.0 Å². The second-order valence-corrected chi connectivity index (χ2v) is 7.71. The average Bonchev–Trinajstić information content (AvgIpc) is 3.02. The van der Waals surface area contributed by atoms with Gasteiger partial charge in [-0.1, -0.05) is 19.1 Å². The fraction of sp³-hybridized carbons (Fsp3) is 0.368. The van der Waals surface area contributed by atoms with Gasteiger partial charge in [-0.05, 0) is 36.8 Å². The number of nitro benzene ring substituents is 1. The molecule has 1 aliphatic carbocycles. The molecule has 0 saturated carbocycles. The number of nitrogens with zero attached hydrogens (tertiary/aromatic N) is 1. The number of methoxy groups -OCH3 is 1. The van der Waals surface area contributed by atoms with E-state index in [2.05, 4.69) is 12.2 Å². The summed E-state index contributed by atoms with van der Waals surface area (Å²) in [6, 6.07) is 5.84. The Morgan fingerprint density at radius 3 is 2.82 bits per heavy atom. The van der Waals surface area contributed by atoms with Crippen molar-refractivity contribution in [2.24, 2.45) is 5.92 Å². The minimum Gasteiger partial charge on any atom is -0.477 e. The molecule has 0 fully saturated rings. The number of para-hydroxylation sites is 2. The molecule has 1 N–H and O–H groups in total. The molecule has 2 aromatic rings. The highest BCUT2D eigenvalue weighted by molar-refractivity contribution is 7.17. The summed E-state index contributed by atoms with van der Waals surface area (Å²) in [6.07, 6.45) is 2.59. The standard InChI is InChI=1S/C19H20N2O6S/c1-11-7-8-12-15(9-11)28-18(17(12)19(23)26-2)20-16(22)10-27-14-6-4-3-5-13(14)21(24)25/h3-6,11H,7-10H2,1-2H3,(H,20,22). The number of carbonyl (C=O) groups excluding carboxylic acids is 2. The third-order valence-electron chi connectivity index (χ3n) is 4.57. The van der Waals surface area contributed by atoms with E-state index in [9.17, 15) is 19.7 Å². The predicted octanol–water partition coefficient (Wildman–Crippen LogP) is 3.59. The molecule has 1 aromatic heterocycles. The maximum Gasteiger partial charge on any atom is 0.341 e. The average molecular weight is 404 g/mol. The van der Waals surface area contributed by atoms with Crippen LogP contribution in [0.4, 0.5) is 10.7 Å². The van der Waals surface area contributed by atoms with Crippen LogP contribution in [0, 0.1) is 16.0 Å². The largest absolute Gasteiger partial charge is 0.477 e. The summed E-state index contributed by atoms with van der Waals surface area (Å²) in [7, 11) is 1.31. The molecule has 1 aromatic carbocycles. The summed E-state index contributed by atoms with van der Waals surface area (Å²) >= 11 is 1.37. The van der Waals surface area contributed by atoms with E-state index in [0.717, 1.165) is 29.7 Å². The Balaban J connectivity index is 1.76. The van der Waals surface area contributed by atoms with E-state index < -0.39 is 23.4 Å². The van der Waals surface area contributed by atoms with E-state index in [1.54, 1.807) is 6.07 Å². The van der Waals surface area contributed by atoms with Crippen molar-refractivity contribution in [3.05, 3.63) is 50.4 Å². The van der Waals surface area contributed by atoms with Crippen LogP contribution in [0.2, 0.25) is 0 Å². The number of hydrogen-bond donors (Lipinski definition) is 1. The van der Waals surface area contributed by atoms with Crippen molar-refractivity contribution in [1.82, 2.24) is 0 Å². The van der Waals surface area contributed by atoms with Gasteiger partial charge in [-0.2, -0.15) is 0 Å². The maximum absolute atomic E-state index is 12.4. The molecule has 8 nitrogen and oxygen atoms in total. The van der Waals surface area contributed by atoms with E-state index in [1.165, 1.54) is 36.6 Å². The number of thiophene rings is 1. The Bertz CT molecular complexity index is 923. The van der Waals surface area contributed by atoms with Gasteiger partial charge in [0.1, 0.15) is 5.00 Å². The minimum atomic E-state index is -0.572. The van der Waals surface area contributed by atoms with E-state index in [4.69, 9.17) is 9.47 Å². The first-order valence-corrected chi connectivity index (χ1v) is 9.61. The lowest BCUT2D eigenvalue weighted by Crippen LogP contribution is -2.21. The Hall–Kier alpha value is -2.94. The van der Waals surface area contributed by atoms with Crippen molar-refractivity contribution in [3.63, 3.8) is 0 Å². The molecule has 1 atom stereocenters. The molecular weight excluding hydrogens is 384 g/mol. The molecule has 1 amide bonds. The number of ether oxygens (including phenoxy) is 2. The van der Waals surface area contributed by atoms with Crippen LogP contribution < -0.4 is 10.1 Å². The van der Waals surface area contributed by atoms with Crippen molar-refractivity contribution in [3.8, 4) is 5.75 Å². The van der Waals surface area contributed by atoms with Crippen molar-refractivity contribution in [2.75, 3.05) is 19.0 Å².